The normalized spacial score (nSPS) is 22.9. The highest BCUT2D eigenvalue weighted by atomic mass is 35.5. The Bertz CT molecular complexity index is 1480. The molecule has 3 aliphatic rings. The maximum absolute atomic E-state index is 14.9. The molecule has 0 spiro atoms. The van der Waals surface area contributed by atoms with Gasteiger partial charge in [0.15, 0.2) is 5.78 Å². The number of amides is 3. The summed E-state index contributed by atoms with van der Waals surface area (Å²) in [5.74, 6) is -4.19. The molecule has 0 aliphatic carbocycles. The Morgan fingerprint density at radius 3 is 2.61 bits per heavy atom. The molecule has 2 saturated heterocycles. The molecule has 0 aromatic heterocycles. The Morgan fingerprint density at radius 1 is 1.10 bits per heavy atom. The first kappa shape index (κ1) is 28.7. The number of imide groups is 1. The summed E-state index contributed by atoms with van der Waals surface area (Å²) in [5.41, 5.74) is -0.323. The van der Waals surface area contributed by atoms with Gasteiger partial charge in [0.05, 0.1) is 17.2 Å². The fourth-order valence-corrected chi connectivity index (χ4v) is 5.58. The Hall–Kier alpha value is -3.77. The van der Waals surface area contributed by atoms with Crippen LogP contribution >= 0.6 is 11.6 Å². The molecule has 2 N–H and O–H groups in total. The van der Waals surface area contributed by atoms with Gasteiger partial charge in [0, 0.05) is 60.1 Å². The molecule has 2 unspecified atom stereocenters. The lowest BCUT2D eigenvalue weighted by molar-refractivity contribution is -0.139. The number of piperidine rings is 1. The minimum atomic E-state index is -4.85. The topological polar surface area (TPSA) is 105 Å². The van der Waals surface area contributed by atoms with Crippen LogP contribution in [0.3, 0.4) is 0 Å². The van der Waals surface area contributed by atoms with Gasteiger partial charge in [-0.3, -0.25) is 24.5 Å². The summed E-state index contributed by atoms with van der Waals surface area (Å²) >= 11 is 5.80. The summed E-state index contributed by atoms with van der Waals surface area (Å²) in [7, 11) is 0. The Morgan fingerprint density at radius 2 is 1.88 bits per heavy atom. The molecular formula is C28H24ClF4N3O5. The number of nitrogens with one attached hydrogen (secondary N) is 2. The van der Waals surface area contributed by atoms with Crippen LogP contribution in [0, 0.1) is 5.82 Å². The number of ketones is 1. The highest BCUT2D eigenvalue weighted by molar-refractivity contribution is 6.30. The van der Waals surface area contributed by atoms with Gasteiger partial charge in [-0.05, 0) is 43.0 Å². The summed E-state index contributed by atoms with van der Waals surface area (Å²) in [6.45, 7) is -0.0542. The van der Waals surface area contributed by atoms with E-state index in [0.717, 1.165) is 6.07 Å². The van der Waals surface area contributed by atoms with E-state index in [4.69, 9.17) is 16.3 Å². The lowest BCUT2D eigenvalue weighted by atomic mass is 9.85. The fourth-order valence-electron chi connectivity index (χ4n) is 5.41. The van der Waals surface area contributed by atoms with Crippen molar-refractivity contribution in [3.63, 3.8) is 0 Å². The number of alkyl halides is 3. The molecule has 2 atom stereocenters. The largest absolute Gasteiger partial charge is 0.416 e. The van der Waals surface area contributed by atoms with Crippen LogP contribution in [0.1, 0.15) is 58.6 Å². The number of carbonyl (C=O) groups is 4. The molecular weight excluding hydrogens is 570 g/mol. The number of rotatable bonds is 4. The van der Waals surface area contributed by atoms with E-state index in [2.05, 4.69) is 10.6 Å². The van der Waals surface area contributed by atoms with E-state index in [9.17, 15) is 36.7 Å². The van der Waals surface area contributed by atoms with Crippen molar-refractivity contribution >= 4 is 40.8 Å². The van der Waals surface area contributed by atoms with Crippen LogP contribution in [0.4, 0.5) is 23.2 Å². The minimum Gasteiger partial charge on any atom is -0.377 e. The third kappa shape index (κ3) is 5.71. The molecule has 216 valence electrons. The van der Waals surface area contributed by atoms with Crippen LogP contribution < -0.4 is 10.6 Å². The van der Waals surface area contributed by atoms with Crippen molar-refractivity contribution in [2.24, 2.45) is 0 Å². The molecule has 8 nitrogen and oxygen atoms in total. The molecule has 41 heavy (non-hydrogen) atoms. The van der Waals surface area contributed by atoms with E-state index in [-0.39, 0.29) is 50.5 Å². The number of benzene rings is 2. The maximum atomic E-state index is 14.9. The molecule has 2 aromatic rings. The molecule has 0 saturated carbocycles. The van der Waals surface area contributed by atoms with Crippen molar-refractivity contribution < 1.29 is 41.5 Å². The molecule has 0 bridgehead atoms. The van der Waals surface area contributed by atoms with E-state index in [1.807, 2.05) is 0 Å². The lowest BCUT2D eigenvalue weighted by Gasteiger charge is -2.29. The van der Waals surface area contributed by atoms with E-state index < -0.39 is 64.1 Å². The second-order valence-electron chi connectivity index (χ2n) is 10.0. The molecule has 3 amide bonds. The number of hydrogen-bond acceptors (Lipinski definition) is 6. The molecule has 3 heterocycles. The number of halogens is 5. The van der Waals surface area contributed by atoms with Gasteiger partial charge in [-0.25, -0.2) is 4.39 Å². The third-order valence-corrected chi connectivity index (χ3v) is 7.78. The number of ether oxygens (including phenoxy) is 1. The monoisotopic (exact) mass is 593 g/mol. The second kappa shape index (κ2) is 11.2. The average molecular weight is 594 g/mol. The van der Waals surface area contributed by atoms with Crippen LogP contribution in [0.25, 0.3) is 0 Å². The standard InChI is InChI=1S/C28H24ClF4N3O5/c29-19-5-4-18(28(31,32)33)24(25(19)30)14-8-9-41-13-15(22(37)10-14)11-34-20-3-1-2-16-17(20)12-36(27(16)40)21-6-7-23(38)35-26(21)39/h1-5,11,14,21,34H,6-10,12-13H2,(H,35,38,39)/b15-11+. The van der Waals surface area contributed by atoms with Gasteiger partial charge in [-0.1, -0.05) is 17.7 Å². The summed E-state index contributed by atoms with van der Waals surface area (Å²) in [6, 6.07) is 5.64. The maximum Gasteiger partial charge on any atom is 0.416 e. The average Bonchev–Trinajstić information content (AvgIpc) is 3.23. The quantitative estimate of drug-likeness (QED) is 0.302. The van der Waals surface area contributed by atoms with Crippen LogP contribution in [0.2, 0.25) is 5.02 Å². The van der Waals surface area contributed by atoms with Crippen molar-refractivity contribution in [1.29, 1.82) is 0 Å². The number of anilines is 1. The van der Waals surface area contributed by atoms with Crippen molar-refractivity contribution in [3.05, 3.63) is 75.2 Å². The first-order valence-corrected chi connectivity index (χ1v) is 13.2. The number of Topliss-reactive ketones (excluding diaryl/α,β-unsaturated/α-hetero) is 1. The van der Waals surface area contributed by atoms with Gasteiger partial charge in [0.1, 0.15) is 11.9 Å². The predicted molar refractivity (Wildman–Crippen MR) is 138 cm³/mol. The molecule has 3 aliphatic heterocycles. The summed E-state index contributed by atoms with van der Waals surface area (Å²) in [5, 5.41) is 4.77. The minimum absolute atomic E-state index is 0.0166. The smallest absolute Gasteiger partial charge is 0.377 e. The van der Waals surface area contributed by atoms with Gasteiger partial charge < -0.3 is 15.0 Å². The van der Waals surface area contributed by atoms with Gasteiger partial charge in [0.25, 0.3) is 5.91 Å². The zero-order valence-corrected chi connectivity index (χ0v) is 22.2. The highest BCUT2D eigenvalue weighted by Crippen LogP contribution is 2.41. The van der Waals surface area contributed by atoms with Gasteiger partial charge in [-0.15, -0.1) is 0 Å². The molecule has 13 heteroatoms. The van der Waals surface area contributed by atoms with E-state index >= 15 is 0 Å². The number of nitrogens with zero attached hydrogens (tertiary/aromatic N) is 1. The molecule has 0 radical (unpaired) electrons. The number of hydrogen-bond donors (Lipinski definition) is 2. The molecule has 2 fully saturated rings. The van der Waals surface area contributed by atoms with Crippen LogP contribution in [0.5, 0.6) is 0 Å². The van der Waals surface area contributed by atoms with Crippen molar-refractivity contribution in [1.82, 2.24) is 10.2 Å². The van der Waals surface area contributed by atoms with E-state index in [1.165, 1.54) is 11.1 Å². The zero-order valence-electron chi connectivity index (χ0n) is 21.4. The lowest BCUT2D eigenvalue weighted by Crippen LogP contribution is -2.52. The van der Waals surface area contributed by atoms with Gasteiger partial charge in [0.2, 0.25) is 11.8 Å². The first-order chi connectivity index (χ1) is 19.5. The summed E-state index contributed by atoms with van der Waals surface area (Å²) < 4.78 is 61.5. The van der Waals surface area contributed by atoms with Crippen molar-refractivity contribution in [2.75, 3.05) is 18.5 Å². The molecule has 2 aromatic carbocycles. The van der Waals surface area contributed by atoms with Crippen molar-refractivity contribution in [3.8, 4) is 0 Å². The number of carbonyl (C=O) groups excluding carboxylic acids is 4. The fraction of sp³-hybridized carbons (Fsp3) is 0.357. The first-order valence-electron chi connectivity index (χ1n) is 12.8. The highest BCUT2D eigenvalue weighted by Gasteiger charge is 2.40. The zero-order chi connectivity index (χ0) is 29.5. The van der Waals surface area contributed by atoms with Crippen molar-refractivity contribution in [2.45, 2.75) is 50.4 Å². The van der Waals surface area contributed by atoms with E-state index in [1.54, 1.807) is 18.2 Å². The van der Waals surface area contributed by atoms with Gasteiger partial charge in [-0.2, -0.15) is 13.2 Å². The second-order valence-corrected chi connectivity index (χ2v) is 10.4. The predicted octanol–water partition coefficient (Wildman–Crippen LogP) is 4.72. The summed E-state index contributed by atoms with van der Waals surface area (Å²) in [4.78, 5) is 51.5. The Kier molecular flexibility index (Phi) is 7.89. The third-order valence-electron chi connectivity index (χ3n) is 7.49. The Labute approximate surface area is 236 Å². The van der Waals surface area contributed by atoms with Crippen LogP contribution in [-0.2, 0) is 31.8 Å². The number of fused-ring (bicyclic) bond motifs is 1. The Balaban J connectivity index is 1.37. The molecule has 5 rings (SSSR count). The van der Waals surface area contributed by atoms with Gasteiger partial charge >= 0.3 is 6.18 Å². The SMILES string of the molecule is O=C1CCC(N2Cc3c(N/C=C4\COCCC(c5c(C(F)(F)F)ccc(Cl)c5F)CC4=O)cccc3C2=O)C(=O)N1. The van der Waals surface area contributed by atoms with Crippen LogP contribution in [-0.4, -0.2) is 47.7 Å². The summed E-state index contributed by atoms with van der Waals surface area (Å²) in [6.07, 6.45) is -3.59. The van der Waals surface area contributed by atoms with E-state index in [0.29, 0.717) is 22.9 Å². The van der Waals surface area contributed by atoms with Crippen LogP contribution in [0.15, 0.2) is 42.1 Å².